The molecule has 1 aromatic heterocycles. The molecule has 0 aliphatic rings. The van der Waals surface area contributed by atoms with E-state index in [9.17, 15) is 4.79 Å². The average molecular weight is 209 g/mol. The third-order valence-electron chi connectivity index (χ3n) is 1.58. The minimum Gasteiger partial charge on any atom is -0.301 e. The summed E-state index contributed by atoms with van der Waals surface area (Å²) in [5.41, 5.74) is 1.36. The van der Waals surface area contributed by atoms with E-state index in [1.54, 1.807) is 12.1 Å². The highest BCUT2D eigenvalue weighted by Gasteiger charge is 2.05. The van der Waals surface area contributed by atoms with Crippen molar-refractivity contribution in [2.24, 2.45) is 0 Å². The predicted molar refractivity (Wildman–Crippen MR) is 53.0 cm³/mol. The van der Waals surface area contributed by atoms with Crippen molar-refractivity contribution in [3.05, 3.63) is 24.3 Å². The summed E-state index contributed by atoms with van der Waals surface area (Å²) in [6.07, 6.45) is 0. The summed E-state index contributed by atoms with van der Waals surface area (Å²) in [7, 11) is 0. The van der Waals surface area contributed by atoms with Crippen molar-refractivity contribution >= 4 is 29.6 Å². The van der Waals surface area contributed by atoms with E-state index in [1.165, 1.54) is 0 Å². The lowest BCUT2D eigenvalue weighted by Gasteiger charge is -1.95. The maximum absolute atomic E-state index is 10.9. The molecule has 6 heteroatoms. The van der Waals surface area contributed by atoms with Crippen LogP contribution in [0.25, 0.3) is 11.0 Å². The number of nitrogens with zero attached hydrogens (tertiary/aromatic N) is 3. The van der Waals surface area contributed by atoms with Gasteiger partial charge in [-0.05, 0) is 12.1 Å². The molecule has 1 heterocycles. The lowest BCUT2D eigenvalue weighted by atomic mass is 10.3. The zero-order valence-corrected chi connectivity index (χ0v) is 8.02. The van der Waals surface area contributed by atoms with Crippen molar-refractivity contribution in [3.63, 3.8) is 0 Å². The Labute approximate surface area is 85.0 Å². The van der Waals surface area contributed by atoms with E-state index in [4.69, 9.17) is 4.84 Å². The van der Waals surface area contributed by atoms with Gasteiger partial charge in [0.2, 0.25) is 0 Å². The first-order valence-corrected chi connectivity index (χ1v) is 4.57. The Kier molecular flexibility index (Phi) is 2.36. The van der Waals surface area contributed by atoms with E-state index in [0.29, 0.717) is 11.0 Å². The van der Waals surface area contributed by atoms with Crippen LogP contribution in [0.4, 0.5) is 0 Å². The lowest BCUT2D eigenvalue weighted by Crippen LogP contribution is -2.22. The molecule has 0 aliphatic carbocycles. The van der Waals surface area contributed by atoms with Crippen molar-refractivity contribution in [3.8, 4) is 0 Å². The fourth-order valence-electron chi connectivity index (χ4n) is 1.00. The number of carbonyl (C=O) groups excluding carboxylic acids is 1. The highest BCUT2D eigenvalue weighted by atomic mass is 32.1. The second kappa shape index (κ2) is 3.67. The monoisotopic (exact) mass is 209 g/mol. The molecule has 1 aromatic carbocycles. The molecular weight excluding hydrogens is 202 g/mol. The van der Waals surface area contributed by atoms with Gasteiger partial charge in [0.15, 0.2) is 0 Å². The van der Waals surface area contributed by atoms with Gasteiger partial charge in [0.1, 0.15) is 11.0 Å². The normalized spacial score (nSPS) is 10.4. The van der Waals surface area contributed by atoms with Crippen LogP contribution < -0.4 is 4.84 Å². The van der Waals surface area contributed by atoms with Crippen molar-refractivity contribution in [2.75, 3.05) is 5.75 Å². The molecule has 0 spiro atoms. The molecule has 0 aliphatic heterocycles. The number of hydrogen-bond acceptors (Lipinski definition) is 5. The Morgan fingerprint density at radius 3 is 2.43 bits per heavy atom. The summed E-state index contributed by atoms with van der Waals surface area (Å²) < 4.78 is 0. The number of hydrogen-bond donors (Lipinski definition) is 1. The highest BCUT2D eigenvalue weighted by Crippen LogP contribution is 2.05. The van der Waals surface area contributed by atoms with E-state index in [-0.39, 0.29) is 5.75 Å². The SMILES string of the molecule is O=C(CS)On1nc2ccccc2n1. The van der Waals surface area contributed by atoms with Crippen LogP contribution in [0.15, 0.2) is 24.3 Å². The van der Waals surface area contributed by atoms with Gasteiger partial charge in [0.25, 0.3) is 0 Å². The Bertz CT molecular complexity index is 435. The number of benzene rings is 1. The predicted octanol–water partition coefficient (Wildman–Crippen LogP) is 0.316. The van der Waals surface area contributed by atoms with Crippen LogP contribution >= 0.6 is 12.6 Å². The first-order valence-electron chi connectivity index (χ1n) is 3.94. The summed E-state index contributed by atoms with van der Waals surface area (Å²) in [4.78, 5) is 16.5. The van der Waals surface area contributed by atoms with Crippen LogP contribution in [-0.4, -0.2) is 26.9 Å². The van der Waals surface area contributed by atoms with E-state index in [1.807, 2.05) is 12.1 Å². The Morgan fingerprint density at radius 1 is 1.36 bits per heavy atom. The first-order chi connectivity index (χ1) is 6.79. The van der Waals surface area contributed by atoms with Crippen LogP contribution in [0.5, 0.6) is 0 Å². The first kappa shape index (κ1) is 9.01. The maximum atomic E-state index is 10.9. The quantitative estimate of drug-likeness (QED) is 0.723. The van der Waals surface area contributed by atoms with Crippen LogP contribution in [0, 0.1) is 0 Å². The second-order valence-electron chi connectivity index (χ2n) is 2.56. The summed E-state index contributed by atoms with van der Waals surface area (Å²) in [6, 6.07) is 7.24. The van der Waals surface area contributed by atoms with Crippen molar-refractivity contribution in [1.82, 2.24) is 15.2 Å². The fourth-order valence-corrected chi connectivity index (χ4v) is 1.06. The molecular formula is C8H7N3O2S. The van der Waals surface area contributed by atoms with E-state index in [2.05, 4.69) is 22.8 Å². The molecule has 2 aromatic rings. The van der Waals surface area contributed by atoms with Gasteiger partial charge in [-0.15, -0.1) is 10.2 Å². The highest BCUT2D eigenvalue weighted by molar-refractivity contribution is 7.81. The molecule has 2 rings (SSSR count). The number of rotatable bonds is 2. The minimum atomic E-state index is -0.492. The minimum absolute atomic E-state index is 0.00210. The van der Waals surface area contributed by atoms with Crippen LogP contribution in [0.3, 0.4) is 0 Å². The Balaban J connectivity index is 2.31. The Hall–Kier alpha value is -1.56. The third kappa shape index (κ3) is 1.69. The largest absolute Gasteiger partial charge is 0.346 e. The van der Waals surface area contributed by atoms with Crippen molar-refractivity contribution < 1.29 is 9.63 Å². The van der Waals surface area contributed by atoms with Gasteiger partial charge in [0, 0.05) is 4.96 Å². The van der Waals surface area contributed by atoms with Crippen LogP contribution in [-0.2, 0) is 4.79 Å². The molecule has 0 saturated heterocycles. The second-order valence-corrected chi connectivity index (χ2v) is 2.88. The standard InChI is InChI=1S/C8H7N3O2S/c12-8(5-14)13-11-9-6-3-1-2-4-7(6)10-11/h1-4,14H,5H2. The third-order valence-corrected chi connectivity index (χ3v) is 1.84. The van der Waals surface area contributed by atoms with Gasteiger partial charge in [-0.1, -0.05) is 12.1 Å². The van der Waals surface area contributed by atoms with E-state index in [0.717, 1.165) is 4.96 Å². The fraction of sp³-hybridized carbons (Fsp3) is 0.125. The van der Waals surface area contributed by atoms with Gasteiger partial charge < -0.3 is 4.84 Å². The van der Waals surface area contributed by atoms with Crippen molar-refractivity contribution in [1.29, 1.82) is 0 Å². The molecule has 0 fully saturated rings. The average Bonchev–Trinajstić information content (AvgIpc) is 2.59. The smallest absolute Gasteiger partial charge is 0.301 e. The molecule has 14 heavy (non-hydrogen) atoms. The molecule has 0 saturated carbocycles. The van der Waals surface area contributed by atoms with Gasteiger partial charge in [-0.2, -0.15) is 12.6 Å². The van der Waals surface area contributed by atoms with E-state index < -0.39 is 5.97 Å². The summed E-state index contributed by atoms with van der Waals surface area (Å²) in [5, 5.41) is 7.86. The van der Waals surface area contributed by atoms with Gasteiger partial charge >= 0.3 is 5.97 Å². The summed E-state index contributed by atoms with van der Waals surface area (Å²) in [5.74, 6) is -0.494. The van der Waals surface area contributed by atoms with Gasteiger partial charge in [0.05, 0.1) is 5.75 Å². The molecule has 0 N–H and O–H groups in total. The zero-order chi connectivity index (χ0) is 9.97. The topological polar surface area (TPSA) is 57.0 Å². The van der Waals surface area contributed by atoms with Crippen molar-refractivity contribution in [2.45, 2.75) is 0 Å². The molecule has 0 unspecified atom stereocenters. The lowest BCUT2D eigenvalue weighted by molar-refractivity contribution is -0.144. The number of thiol groups is 1. The Morgan fingerprint density at radius 2 is 1.93 bits per heavy atom. The van der Waals surface area contributed by atoms with Gasteiger partial charge in [-0.25, -0.2) is 4.79 Å². The summed E-state index contributed by atoms with van der Waals surface area (Å²) in [6.45, 7) is 0. The molecule has 0 bridgehead atoms. The molecule has 0 atom stereocenters. The summed E-state index contributed by atoms with van der Waals surface area (Å²) >= 11 is 3.77. The number of carbonyl (C=O) groups is 1. The number of aromatic nitrogens is 3. The number of fused-ring (bicyclic) bond motifs is 1. The van der Waals surface area contributed by atoms with Crippen LogP contribution in [0.1, 0.15) is 0 Å². The molecule has 5 nitrogen and oxygen atoms in total. The zero-order valence-electron chi connectivity index (χ0n) is 7.12. The molecule has 72 valence electrons. The van der Waals surface area contributed by atoms with Crippen LogP contribution in [0.2, 0.25) is 0 Å². The van der Waals surface area contributed by atoms with Gasteiger partial charge in [-0.3, -0.25) is 0 Å². The maximum Gasteiger partial charge on any atom is 0.346 e. The molecule has 0 radical (unpaired) electrons. The molecule has 0 amide bonds. The van der Waals surface area contributed by atoms with E-state index >= 15 is 0 Å².